The highest BCUT2D eigenvalue weighted by atomic mass is 16.5. The fraction of sp³-hybridized carbons (Fsp3) is 0.774. The molecule has 0 saturated heterocycles. The molecule has 186 valence electrons. The number of carbonyl (C=O) groups excluding carboxylic acids is 1. The highest BCUT2D eigenvalue weighted by Gasteiger charge is 2.63. The molecule has 0 radical (unpaired) electrons. The Morgan fingerprint density at radius 2 is 1.76 bits per heavy atom. The first-order valence-corrected chi connectivity index (χ1v) is 14.1. The van der Waals surface area contributed by atoms with Gasteiger partial charge in [-0.25, -0.2) is 0 Å². The molecule has 1 aliphatic heterocycles. The van der Waals surface area contributed by atoms with Gasteiger partial charge in [0, 0.05) is 24.6 Å². The van der Waals surface area contributed by atoms with Gasteiger partial charge in [-0.15, -0.1) is 0 Å². The molecule has 1 heterocycles. The summed E-state index contributed by atoms with van der Waals surface area (Å²) in [6.07, 6.45) is 10.4. The molecule has 4 saturated carbocycles. The second-order valence-corrected chi connectivity index (χ2v) is 14.2. The Balaban J connectivity index is 1.26. The first-order valence-electron chi connectivity index (χ1n) is 14.1. The van der Waals surface area contributed by atoms with Crippen molar-refractivity contribution in [1.82, 2.24) is 0 Å². The summed E-state index contributed by atoms with van der Waals surface area (Å²) in [4.78, 5) is 11.6. The minimum atomic E-state index is -0.101. The predicted octanol–water partition coefficient (Wildman–Crippen LogP) is 7.45. The Morgan fingerprint density at radius 3 is 2.50 bits per heavy atom. The third-order valence-electron chi connectivity index (χ3n) is 11.6. The van der Waals surface area contributed by atoms with Crippen LogP contribution in [0.1, 0.15) is 110 Å². The van der Waals surface area contributed by atoms with Crippen LogP contribution < -0.4 is 5.32 Å². The van der Waals surface area contributed by atoms with E-state index in [4.69, 9.17) is 4.74 Å². The van der Waals surface area contributed by atoms with Crippen LogP contribution in [0, 0.1) is 34.5 Å². The first kappa shape index (κ1) is 22.9. The number of ether oxygens (including phenoxy) is 1. The minimum Gasteiger partial charge on any atom is -0.463 e. The Morgan fingerprint density at radius 1 is 1.00 bits per heavy atom. The Labute approximate surface area is 206 Å². The van der Waals surface area contributed by atoms with Crippen LogP contribution in [-0.4, -0.2) is 18.1 Å². The molecule has 4 aliphatic carbocycles. The molecule has 0 aromatic heterocycles. The average molecular weight is 464 g/mol. The van der Waals surface area contributed by atoms with Gasteiger partial charge >= 0.3 is 5.97 Å². The van der Waals surface area contributed by atoms with Crippen LogP contribution in [0.4, 0.5) is 5.69 Å². The molecule has 3 nitrogen and oxygen atoms in total. The summed E-state index contributed by atoms with van der Waals surface area (Å²) in [6, 6.07) is 7.86. The number of anilines is 1. The summed E-state index contributed by atoms with van der Waals surface area (Å²) >= 11 is 0. The topological polar surface area (TPSA) is 38.3 Å². The summed E-state index contributed by atoms with van der Waals surface area (Å²) in [7, 11) is 0. The number of benzene rings is 1. The number of nitrogens with one attached hydrogen (secondary N) is 1. The van der Waals surface area contributed by atoms with Gasteiger partial charge in [0.15, 0.2) is 0 Å². The van der Waals surface area contributed by atoms with E-state index in [0.717, 1.165) is 36.5 Å². The Bertz CT molecular complexity index is 994. The molecule has 1 N–H and O–H groups in total. The maximum atomic E-state index is 11.6. The molecule has 0 amide bonds. The summed E-state index contributed by atoms with van der Waals surface area (Å²) in [5, 5.41) is 4.05. The van der Waals surface area contributed by atoms with Crippen molar-refractivity contribution in [3.8, 4) is 0 Å². The summed E-state index contributed by atoms with van der Waals surface area (Å²) in [6.45, 7) is 13.8. The molecule has 4 fully saturated rings. The van der Waals surface area contributed by atoms with Gasteiger partial charge in [-0.2, -0.15) is 0 Å². The lowest BCUT2D eigenvalue weighted by Gasteiger charge is -2.61. The third-order valence-corrected chi connectivity index (χ3v) is 11.6. The Kier molecular flexibility index (Phi) is 5.05. The molecule has 34 heavy (non-hydrogen) atoms. The highest BCUT2D eigenvalue weighted by Crippen LogP contribution is 2.69. The lowest BCUT2D eigenvalue weighted by Crippen LogP contribution is -2.55. The van der Waals surface area contributed by atoms with Crippen LogP contribution in [-0.2, 0) is 14.9 Å². The van der Waals surface area contributed by atoms with Gasteiger partial charge < -0.3 is 10.1 Å². The molecule has 1 aromatic rings. The van der Waals surface area contributed by atoms with Crippen molar-refractivity contribution in [2.75, 3.05) is 5.32 Å². The Hall–Kier alpha value is -1.51. The number of esters is 1. The van der Waals surface area contributed by atoms with Crippen molar-refractivity contribution in [3.05, 3.63) is 29.3 Å². The van der Waals surface area contributed by atoms with Crippen molar-refractivity contribution in [1.29, 1.82) is 0 Å². The van der Waals surface area contributed by atoms with Gasteiger partial charge in [-0.3, -0.25) is 4.79 Å². The number of carbonyl (C=O) groups is 1. The van der Waals surface area contributed by atoms with E-state index in [9.17, 15) is 4.79 Å². The van der Waals surface area contributed by atoms with Crippen LogP contribution >= 0.6 is 0 Å². The number of hydrogen-bond acceptors (Lipinski definition) is 3. The van der Waals surface area contributed by atoms with Crippen molar-refractivity contribution in [2.24, 2.45) is 34.5 Å². The molecular formula is C31H45NO2. The molecule has 0 bridgehead atoms. The average Bonchev–Trinajstić information content (AvgIpc) is 3.27. The van der Waals surface area contributed by atoms with Crippen molar-refractivity contribution >= 4 is 11.7 Å². The lowest BCUT2D eigenvalue weighted by atomic mass is 9.45. The van der Waals surface area contributed by atoms with E-state index < -0.39 is 0 Å². The molecule has 9 atom stereocenters. The van der Waals surface area contributed by atoms with Gasteiger partial charge in [-0.05, 0) is 108 Å². The number of fused-ring (bicyclic) bond motifs is 9. The maximum Gasteiger partial charge on any atom is 0.302 e. The van der Waals surface area contributed by atoms with Crippen LogP contribution in [0.25, 0.3) is 0 Å². The molecule has 1 unspecified atom stereocenters. The molecule has 1 aromatic carbocycles. The van der Waals surface area contributed by atoms with Crippen molar-refractivity contribution < 1.29 is 9.53 Å². The fourth-order valence-electron chi connectivity index (χ4n) is 9.81. The first-order chi connectivity index (χ1) is 16.0. The molecular weight excluding hydrogens is 418 g/mol. The van der Waals surface area contributed by atoms with Gasteiger partial charge in [0.05, 0.1) is 0 Å². The zero-order valence-electron chi connectivity index (χ0n) is 22.2. The lowest BCUT2D eigenvalue weighted by molar-refractivity contribution is -0.159. The van der Waals surface area contributed by atoms with Gasteiger partial charge in [0.1, 0.15) is 6.10 Å². The predicted molar refractivity (Wildman–Crippen MR) is 138 cm³/mol. The zero-order chi connectivity index (χ0) is 24.0. The van der Waals surface area contributed by atoms with E-state index in [2.05, 4.69) is 58.1 Å². The summed E-state index contributed by atoms with van der Waals surface area (Å²) in [5.41, 5.74) is 5.53. The van der Waals surface area contributed by atoms with E-state index in [1.807, 2.05) is 0 Å². The van der Waals surface area contributed by atoms with Gasteiger partial charge in [0.25, 0.3) is 0 Å². The van der Waals surface area contributed by atoms with E-state index in [1.165, 1.54) is 49.8 Å². The zero-order valence-corrected chi connectivity index (χ0v) is 22.2. The quantitative estimate of drug-likeness (QED) is 0.440. The molecule has 6 rings (SSSR count). The van der Waals surface area contributed by atoms with E-state index >= 15 is 0 Å². The second kappa shape index (κ2) is 7.50. The molecule has 0 spiro atoms. The molecule has 3 heteroatoms. The van der Waals surface area contributed by atoms with Crippen molar-refractivity contribution in [3.63, 3.8) is 0 Å². The van der Waals surface area contributed by atoms with Crippen LogP contribution in [0.5, 0.6) is 0 Å². The summed E-state index contributed by atoms with van der Waals surface area (Å²) in [5.74, 6) is 3.86. The van der Waals surface area contributed by atoms with Gasteiger partial charge in [0.2, 0.25) is 0 Å². The summed E-state index contributed by atoms with van der Waals surface area (Å²) < 4.78 is 5.68. The molecule has 5 aliphatic rings. The second-order valence-electron chi connectivity index (χ2n) is 14.2. The van der Waals surface area contributed by atoms with E-state index in [-0.39, 0.29) is 17.5 Å². The number of hydrogen-bond donors (Lipinski definition) is 1. The van der Waals surface area contributed by atoms with Crippen LogP contribution in [0.3, 0.4) is 0 Å². The third kappa shape index (κ3) is 3.24. The van der Waals surface area contributed by atoms with Crippen LogP contribution in [0.15, 0.2) is 18.2 Å². The smallest absolute Gasteiger partial charge is 0.302 e. The highest BCUT2D eigenvalue weighted by molar-refractivity contribution is 5.66. The van der Waals surface area contributed by atoms with Gasteiger partial charge in [-0.1, -0.05) is 46.8 Å². The SMILES string of the molecule is CC(=O)O[C@@H]1CC[C@@]2(C)C(CC[C@@H]3[C@@H]4C[C@H]5c6cc(C(C)(C)C)ccc6N[C@H]5[C@@]4(C)CC[C@@H]32)C1. The monoisotopic (exact) mass is 463 g/mol. The normalized spacial score (nSPS) is 44.7. The van der Waals surface area contributed by atoms with Crippen molar-refractivity contribution in [2.45, 2.75) is 116 Å². The maximum absolute atomic E-state index is 11.6. The van der Waals surface area contributed by atoms with E-state index in [0.29, 0.717) is 22.8 Å². The van der Waals surface area contributed by atoms with Crippen LogP contribution in [0.2, 0.25) is 0 Å². The minimum absolute atomic E-state index is 0.101. The standard InChI is InChI=1S/C31H45NO2/c1-18(33)34-21-11-13-30(5)20(15-21)7-9-22-25(30)12-14-31(6)26(22)17-24-23-16-19(29(2,3)4)8-10-27(23)32-28(24)31/h8,10,16,20-22,24-26,28,32H,7,9,11-15,17H2,1-6H3/t20?,21-,22+,24+,25+,26+,28-,30+,31+/m1/s1. The fourth-order valence-corrected chi connectivity index (χ4v) is 9.81. The largest absolute Gasteiger partial charge is 0.463 e. The van der Waals surface area contributed by atoms with E-state index in [1.54, 1.807) is 12.5 Å². The number of rotatable bonds is 1.